The number of rotatable bonds is 5. The lowest BCUT2D eigenvalue weighted by molar-refractivity contribution is -0.124. The van der Waals surface area contributed by atoms with Crippen LogP contribution in [0.25, 0.3) is 0 Å². The molecule has 5 aliphatic rings. The third kappa shape index (κ3) is 2.91. The fourth-order valence-electron chi connectivity index (χ4n) is 6.09. The number of carbonyl (C=O) groups is 3. The van der Waals surface area contributed by atoms with E-state index >= 15 is 0 Å². The van der Waals surface area contributed by atoms with Crippen LogP contribution in [-0.2, 0) is 9.59 Å². The summed E-state index contributed by atoms with van der Waals surface area (Å²) in [6, 6.07) is 11.8. The Kier molecular flexibility index (Phi) is 4.37. The van der Waals surface area contributed by atoms with Crippen LogP contribution >= 0.6 is 0 Å². The van der Waals surface area contributed by atoms with Gasteiger partial charge >= 0.3 is 0 Å². The predicted molar refractivity (Wildman–Crippen MR) is 121 cm³/mol. The summed E-state index contributed by atoms with van der Waals surface area (Å²) in [5.41, 5.74) is 1.29. The summed E-state index contributed by atoms with van der Waals surface area (Å²) in [5.74, 6) is 1.35. The number of imide groups is 1. The highest BCUT2D eigenvalue weighted by molar-refractivity contribution is 6.23. The zero-order chi connectivity index (χ0) is 22.9. The number of allylic oxidation sites excluding steroid dienone is 2. The van der Waals surface area contributed by atoms with Gasteiger partial charge in [0, 0.05) is 11.6 Å². The number of benzene rings is 2. The van der Waals surface area contributed by atoms with Crippen molar-refractivity contribution in [1.29, 1.82) is 0 Å². The van der Waals surface area contributed by atoms with Crippen LogP contribution in [0.5, 0.6) is 11.5 Å². The number of methoxy groups -OCH3 is 2. The summed E-state index contributed by atoms with van der Waals surface area (Å²) in [6.45, 7) is 0. The van der Waals surface area contributed by atoms with E-state index in [4.69, 9.17) is 9.47 Å². The summed E-state index contributed by atoms with van der Waals surface area (Å²) >= 11 is 0. The first-order valence-electron chi connectivity index (χ1n) is 11.2. The average Bonchev–Trinajstić information content (AvgIpc) is 3.62. The maximum absolute atomic E-state index is 13.4. The molecule has 1 heterocycles. The molecule has 6 atom stereocenters. The van der Waals surface area contributed by atoms with Crippen molar-refractivity contribution in [1.82, 2.24) is 0 Å². The van der Waals surface area contributed by atoms with Crippen LogP contribution in [-0.4, -0.2) is 31.9 Å². The molecule has 2 aromatic rings. The standard InChI is InChI=1S/C26H24N2O5/c1-32-15-6-9-20(21(11-15)33-2)27-24(29)13-4-3-5-14(10-13)28-25(30)22-16-7-8-17(19-12-18(16)19)23(22)26(28)31/h3-11,16-19,22-23H,12H2,1-2H3,(H,27,29)/t16-,17+,18-,19+,22-,23+. The van der Waals surface area contributed by atoms with Crippen LogP contribution in [0.4, 0.5) is 11.4 Å². The first kappa shape index (κ1) is 20.0. The van der Waals surface area contributed by atoms with E-state index in [1.54, 1.807) is 49.6 Å². The van der Waals surface area contributed by atoms with Gasteiger partial charge in [-0.15, -0.1) is 0 Å². The molecule has 2 bridgehead atoms. The Balaban J connectivity index is 1.26. The van der Waals surface area contributed by atoms with Gasteiger partial charge in [0.1, 0.15) is 11.5 Å². The highest BCUT2D eigenvalue weighted by Gasteiger charge is 2.67. The third-order valence-corrected chi connectivity index (χ3v) is 7.69. The van der Waals surface area contributed by atoms with E-state index in [1.807, 2.05) is 0 Å². The second-order valence-electron chi connectivity index (χ2n) is 9.24. The van der Waals surface area contributed by atoms with Gasteiger partial charge < -0.3 is 14.8 Å². The molecule has 2 saturated carbocycles. The number of nitrogens with one attached hydrogen (secondary N) is 1. The van der Waals surface area contributed by atoms with Crippen LogP contribution in [0.3, 0.4) is 0 Å². The molecule has 3 fully saturated rings. The highest BCUT2D eigenvalue weighted by atomic mass is 16.5. The second-order valence-corrected chi connectivity index (χ2v) is 9.24. The summed E-state index contributed by atoms with van der Waals surface area (Å²) < 4.78 is 10.5. The van der Waals surface area contributed by atoms with E-state index in [0.29, 0.717) is 40.3 Å². The topological polar surface area (TPSA) is 84.9 Å². The summed E-state index contributed by atoms with van der Waals surface area (Å²) in [5, 5.41) is 2.84. The zero-order valence-corrected chi connectivity index (χ0v) is 18.4. The Hall–Kier alpha value is -3.61. The van der Waals surface area contributed by atoms with Gasteiger partial charge in [-0.2, -0.15) is 0 Å². The molecule has 0 unspecified atom stereocenters. The van der Waals surface area contributed by atoms with Gasteiger partial charge in [0.2, 0.25) is 11.8 Å². The van der Waals surface area contributed by atoms with Crippen molar-refractivity contribution in [3.8, 4) is 11.5 Å². The minimum absolute atomic E-state index is 0.135. The van der Waals surface area contributed by atoms with Crippen molar-refractivity contribution in [3.05, 3.63) is 60.2 Å². The zero-order valence-electron chi connectivity index (χ0n) is 18.4. The Morgan fingerprint density at radius 1 is 0.939 bits per heavy atom. The number of nitrogens with zero attached hydrogens (tertiary/aromatic N) is 1. The molecule has 0 spiro atoms. The Bertz CT molecular complexity index is 1180. The molecular formula is C26H24N2O5. The van der Waals surface area contributed by atoms with Gasteiger partial charge in [-0.25, -0.2) is 4.90 Å². The fraction of sp³-hybridized carbons (Fsp3) is 0.346. The smallest absolute Gasteiger partial charge is 0.255 e. The molecule has 7 heteroatoms. The van der Waals surface area contributed by atoms with E-state index in [-0.39, 0.29) is 41.4 Å². The number of carbonyl (C=O) groups excluding carboxylic acids is 3. The van der Waals surface area contributed by atoms with Gasteiger partial charge in [0.25, 0.3) is 5.91 Å². The van der Waals surface area contributed by atoms with Crippen LogP contribution in [0.2, 0.25) is 0 Å². The van der Waals surface area contributed by atoms with Gasteiger partial charge in [-0.3, -0.25) is 14.4 Å². The number of anilines is 2. The molecule has 0 aromatic heterocycles. The average molecular weight is 444 g/mol. The summed E-state index contributed by atoms with van der Waals surface area (Å²) in [6.07, 6.45) is 5.43. The Morgan fingerprint density at radius 3 is 2.27 bits per heavy atom. The maximum atomic E-state index is 13.4. The summed E-state index contributed by atoms with van der Waals surface area (Å²) in [7, 11) is 3.07. The Morgan fingerprint density at radius 2 is 1.64 bits per heavy atom. The van der Waals surface area contributed by atoms with Crippen molar-refractivity contribution >= 4 is 29.1 Å². The highest BCUT2D eigenvalue weighted by Crippen LogP contribution is 2.65. The third-order valence-electron chi connectivity index (χ3n) is 7.69. The van der Waals surface area contributed by atoms with E-state index < -0.39 is 0 Å². The van der Waals surface area contributed by atoms with E-state index in [1.165, 1.54) is 12.0 Å². The molecule has 7 nitrogen and oxygen atoms in total. The minimum atomic E-state index is -0.361. The fourth-order valence-corrected chi connectivity index (χ4v) is 6.09. The lowest BCUT2D eigenvalue weighted by Gasteiger charge is -2.37. The predicted octanol–water partition coefficient (Wildman–Crippen LogP) is 3.51. The molecule has 4 aliphatic carbocycles. The number of hydrogen-bond donors (Lipinski definition) is 1. The molecule has 1 N–H and O–H groups in total. The lowest BCUT2D eigenvalue weighted by atomic mass is 9.63. The SMILES string of the molecule is COc1ccc(NC(=O)c2cccc(N3C(=O)[C@@H]4[C@@H]5C=C[C@@H]([C@@H]6C[C@H]56)[C@@H]4C3=O)c2)c(OC)c1. The lowest BCUT2D eigenvalue weighted by Crippen LogP contribution is -2.40. The first-order valence-corrected chi connectivity index (χ1v) is 11.2. The molecule has 2 aromatic carbocycles. The van der Waals surface area contributed by atoms with Crippen LogP contribution < -0.4 is 19.7 Å². The van der Waals surface area contributed by atoms with Gasteiger partial charge in [-0.05, 0) is 60.4 Å². The van der Waals surface area contributed by atoms with Crippen LogP contribution in [0, 0.1) is 35.5 Å². The molecule has 33 heavy (non-hydrogen) atoms. The first-order chi connectivity index (χ1) is 16.0. The molecule has 168 valence electrons. The van der Waals surface area contributed by atoms with Crippen LogP contribution in [0.1, 0.15) is 16.8 Å². The normalized spacial score (nSPS) is 30.7. The molecule has 7 rings (SSSR count). The monoisotopic (exact) mass is 444 g/mol. The minimum Gasteiger partial charge on any atom is -0.497 e. The van der Waals surface area contributed by atoms with E-state index in [0.717, 1.165) is 6.42 Å². The maximum Gasteiger partial charge on any atom is 0.255 e. The van der Waals surface area contributed by atoms with Crippen molar-refractivity contribution in [2.24, 2.45) is 35.5 Å². The van der Waals surface area contributed by atoms with Crippen molar-refractivity contribution in [2.75, 3.05) is 24.4 Å². The molecule has 3 amide bonds. The molecular weight excluding hydrogens is 420 g/mol. The number of ether oxygens (including phenoxy) is 2. The van der Waals surface area contributed by atoms with Crippen molar-refractivity contribution in [3.63, 3.8) is 0 Å². The van der Waals surface area contributed by atoms with Crippen molar-refractivity contribution < 1.29 is 23.9 Å². The van der Waals surface area contributed by atoms with Gasteiger partial charge in [0.05, 0.1) is 37.4 Å². The summed E-state index contributed by atoms with van der Waals surface area (Å²) in [4.78, 5) is 41.0. The van der Waals surface area contributed by atoms with Gasteiger partial charge in [-0.1, -0.05) is 18.2 Å². The van der Waals surface area contributed by atoms with Crippen LogP contribution in [0.15, 0.2) is 54.6 Å². The largest absolute Gasteiger partial charge is 0.497 e. The van der Waals surface area contributed by atoms with Gasteiger partial charge in [0.15, 0.2) is 0 Å². The van der Waals surface area contributed by atoms with E-state index in [9.17, 15) is 14.4 Å². The quantitative estimate of drug-likeness (QED) is 0.564. The number of amides is 3. The molecule has 0 radical (unpaired) electrons. The molecule has 1 saturated heterocycles. The Labute approximate surface area is 191 Å². The molecule has 1 aliphatic heterocycles. The second kappa shape index (κ2) is 7.20. The van der Waals surface area contributed by atoms with Crippen molar-refractivity contribution in [2.45, 2.75) is 6.42 Å². The number of hydrogen-bond acceptors (Lipinski definition) is 5. The van der Waals surface area contributed by atoms with E-state index in [2.05, 4.69) is 17.5 Å².